The van der Waals surface area contributed by atoms with E-state index in [1.54, 1.807) is 12.1 Å². The quantitative estimate of drug-likeness (QED) is 0.512. The molecule has 0 aliphatic heterocycles. The summed E-state index contributed by atoms with van der Waals surface area (Å²) in [6.07, 6.45) is 4.85. The largest absolute Gasteiger partial charge is 0.504 e. The lowest BCUT2D eigenvalue weighted by molar-refractivity contribution is -0.190. The molecule has 7 atom stereocenters. The molecule has 3 saturated carbocycles. The van der Waals surface area contributed by atoms with Gasteiger partial charge in [-0.2, -0.15) is 0 Å². The molecule has 0 aromatic heterocycles. The van der Waals surface area contributed by atoms with E-state index in [4.69, 9.17) is 0 Å². The van der Waals surface area contributed by atoms with E-state index in [0.29, 0.717) is 5.56 Å². The lowest BCUT2D eigenvalue weighted by atomic mass is 9.35. The van der Waals surface area contributed by atoms with Crippen LogP contribution in [0.1, 0.15) is 82.6 Å². The van der Waals surface area contributed by atoms with Gasteiger partial charge in [0.2, 0.25) is 0 Å². The first-order chi connectivity index (χ1) is 14.8. The normalized spacial score (nSPS) is 45.3. The van der Waals surface area contributed by atoms with E-state index in [-0.39, 0.29) is 45.7 Å². The average molecular weight is 439 g/mol. The van der Waals surface area contributed by atoms with Crippen molar-refractivity contribution in [1.82, 2.24) is 0 Å². The number of allylic oxidation sites excluding steroid dienone is 2. The first-order valence-corrected chi connectivity index (χ1v) is 11.8. The zero-order valence-electron chi connectivity index (χ0n) is 19.7. The predicted molar refractivity (Wildman–Crippen MR) is 121 cm³/mol. The molecule has 3 N–H and O–H groups in total. The number of carbonyl (C=O) groups excluding carboxylic acids is 2. The molecule has 0 spiro atoms. The Morgan fingerprint density at radius 1 is 0.938 bits per heavy atom. The Morgan fingerprint density at radius 3 is 2.28 bits per heavy atom. The molecule has 0 bridgehead atoms. The van der Waals surface area contributed by atoms with Crippen LogP contribution in [0.4, 0.5) is 0 Å². The minimum atomic E-state index is -0.937. The van der Waals surface area contributed by atoms with Gasteiger partial charge in [0.05, 0.1) is 0 Å². The minimum absolute atomic E-state index is 0.0344. The molecular weight excluding hydrogens is 404 g/mol. The smallest absolute Gasteiger partial charge is 0.186 e. The van der Waals surface area contributed by atoms with Crippen LogP contribution in [0, 0.1) is 28.1 Å². The minimum Gasteiger partial charge on any atom is -0.504 e. The SMILES string of the molecule is CC1CC2C(C)(CCC3(C)C4=CC(=O)c5cc(O)c(O)cc5C4(C)CCC23C)C(O)C1=O. The number of fused-ring (bicyclic) bond motifs is 7. The number of phenolic OH excluding ortho intramolecular Hbond substituents is 2. The number of hydrogen-bond donors (Lipinski definition) is 3. The molecule has 4 aliphatic rings. The summed E-state index contributed by atoms with van der Waals surface area (Å²) in [7, 11) is 0. The highest BCUT2D eigenvalue weighted by molar-refractivity contribution is 6.09. The molecule has 5 rings (SSSR count). The molecule has 7 unspecified atom stereocenters. The molecule has 5 heteroatoms. The van der Waals surface area contributed by atoms with Gasteiger partial charge in [-0.15, -0.1) is 0 Å². The van der Waals surface area contributed by atoms with Crippen LogP contribution in [0.15, 0.2) is 23.8 Å². The number of hydrogen-bond acceptors (Lipinski definition) is 5. The van der Waals surface area contributed by atoms with Crippen LogP contribution in [0.3, 0.4) is 0 Å². The van der Waals surface area contributed by atoms with Crippen molar-refractivity contribution in [2.75, 3.05) is 0 Å². The monoisotopic (exact) mass is 438 g/mol. The maximum absolute atomic E-state index is 13.2. The summed E-state index contributed by atoms with van der Waals surface area (Å²) in [6, 6.07) is 2.96. The first kappa shape index (κ1) is 21.7. The van der Waals surface area contributed by atoms with Crippen LogP contribution in [0.2, 0.25) is 0 Å². The Kier molecular flexibility index (Phi) is 4.24. The van der Waals surface area contributed by atoms with Gasteiger partial charge in [0, 0.05) is 22.3 Å². The molecule has 0 saturated heterocycles. The van der Waals surface area contributed by atoms with Crippen LogP contribution in [-0.4, -0.2) is 33.0 Å². The first-order valence-electron chi connectivity index (χ1n) is 11.8. The van der Waals surface area contributed by atoms with E-state index in [1.165, 1.54) is 6.07 Å². The zero-order valence-corrected chi connectivity index (χ0v) is 19.7. The second-order valence-corrected chi connectivity index (χ2v) is 11.9. The number of carbonyl (C=O) groups is 2. The van der Waals surface area contributed by atoms with Gasteiger partial charge in [0.15, 0.2) is 23.1 Å². The molecule has 1 aromatic rings. The number of Topliss-reactive ketones (excluding diaryl/α,β-unsaturated/α-hetero) is 1. The number of aliphatic hydroxyl groups is 1. The molecule has 1 aromatic carbocycles. The van der Waals surface area contributed by atoms with Crippen LogP contribution >= 0.6 is 0 Å². The predicted octanol–water partition coefficient (Wildman–Crippen LogP) is 4.67. The van der Waals surface area contributed by atoms with E-state index in [0.717, 1.165) is 43.2 Å². The van der Waals surface area contributed by atoms with Crippen molar-refractivity contribution in [2.45, 2.75) is 78.2 Å². The van der Waals surface area contributed by atoms with Gasteiger partial charge < -0.3 is 15.3 Å². The molecule has 0 amide bonds. The molecule has 172 valence electrons. The lowest BCUT2D eigenvalue weighted by Crippen LogP contribution is -2.65. The number of benzene rings is 1. The number of ketones is 2. The number of aliphatic hydroxyl groups excluding tert-OH is 1. The summed E-state index contributed by atoms with van der Waals surface area (Å²) < 4.78 is 0. The summed E-state index contributed by atoms with van der Waals surface area (Å²) in [4.78, 5) is 25.9. The maximum Gasteiger partial charge on any atom is 0.186 e. The topological polar surface area (TPSA) is 94.8 Å². The average Bonchev–Trinajstić information content (AvgIpc) is 2.74. The molecule has 4 aliphatic carbocycles. The molecular formula is C27H34O5. The van der Waals surface area contributed by atoms with E-state index in [9.17, 15) is 24.9 Å². The highest BCUT2D eigenvalue weighted by Gasteiger charge is 2.68. The van der Waals surface area contributed by atoms with E-state index >= 15 is 0 Å². The summed E-state index contributed by atoms with van der Waals surface area (Å²) in [5, 5.41) is 31.3. The van der Waals surface area contributed by atoms with E-state index in [1.807, 2.05) is 6.92 Å². The molecule has 3 fully saturated rings. The van der Waals surface area contributed by atoms with E-state index in [2.05, 4.69) is 27.7 Å². The maximum atomic E-state index is 13.2. The number of aromatic hydroxyl groups is 2. The standard InChI is InChI=1S/C27H34O5/c1-14-10-20-25(3,23(32)22(14)31)7-9-27(5)21-13-17(28)15-11-18(29)19(30)12-16(15)24(21,2)6-8-26(20,27)4/h11-14,20,23,29-30,32H,6-10H2,1-5H3. The summed E-state index contributed by atoms with van der Waals surface area (Å²) in [5.74, 6) is -0.629. The molecule has 5 nitrogen and oxygen atoms in total. The highest BCUT2D eigenvalue weighted by Crippen LogP contribution is 2.73. The number of rotatable bonds is 0. The van der Waals surface area contributed by atoms with Gasteiger partial charge in [0.1, 0.15) is 6.10 Å². The van der Waals surface area contributed by atoms with Gasteiger partial charge in [0.25, 0.3) is 0 Å². The van der Waals surface area contributed by atoms with Gasteiger partial charge in [-0.1, -0.05) is 34.6 Å². The van der Waals surface area contributed by atoms with Crippen LogP contribution < -0.4 is 0 Å². The Balaban J connectivity index is 1.67. The zero-order chi connectivity index (χ0) is 23.4. The van der Waals surface area contributed by atoms with Crippen molar-refractivity contribution in [3.05, 3.63) is 34.9 Å². The van der Waals surface area contributed by atoms with Crippen molar-refractivity contribution < 1.29 is 24.9 Å². The fourth-order valence-electron chi connectivity index (χ4n) is 8.20. The van der Waals surface area contributed by atoms with Crippen molar-refractivity contribution in [1.29, 1.82) is 0 Å². The third kappa shape index (κ3) is 2.33. The second kappa shape index (κ2) is 6.25. The van der Waals surface area contributed by atoms with Gasteiger partial charge in [-0.05, 0) is 78.2 Å². The lowest BCUT2D eigenvalue weighted by Gasteiger charge is -2.69. The Hall–Kier alpha value is -2.14. The highest BCUT2D eigenvalue weighted by atomic mass is 16.3. The van der Waals surface area contributed by atoms with Gasteiger partial charge >= 0.3 is 0 Å². The Morgan fingerprint density at radius 2 is 1.59 bits per heavy atom. The van der Waals surface area contributed by atoms with Crippen molar-refractivity contribution in [3.63, 3.8) is 0 Å². The summed E-state index contributed by atoms with van der Waals surface area (Å²) in [5.41, 5.74) is 1.05. The Labute approximate surface area is 189 Å². The Bertz CT molecular complexity index is 1090. The summed E-state index contributed by atoms with van der Waals surface area (Å²) in [6.45, 7) is 10.7. The van der Waals surface area contributed by atoms with Crippen LogP contribution in [-0.2, 0) is 10.2 Å². The van der Waals surface area contributed by atoms with Crippen molar-refractivity contribution in [3.8, 4) is 11.5 Å². The molecule has 32 heavy (non-hydrogen) atoms. The number of phenols is 2. The summed E-state index contributed by atoms with van der Waals surface area (Å²) >= 11 is 0. The third-order valence-corrected chi connectivity index (χ3v) is 10.5. The third-order valence-electron chi connectivity index (χ3n) is 10.5. The van der Waals surface area contributed by atoms with Gasteiger partial charge in [-0.25, -0.2) is 0 Å². The second-order valence-electron chi connectivity index (χ2n) is 11.9. The van der Waals surface area contributed by atoms with Crippen molar-refractivity contribution >= 4 is 11.6 Å². The fourth-order valence-corrected chi connectivity index (χ4v) is 8.20. The fraction of sp³-hybridized carbons (Fsp3) is 0.630. The van der Waals surface area contributed by atoms with Crippen LogP contribution in [0.5, 0.6) is 11.5 Å². The van der Waals surface area contributed by atoms with Gasteiger partial charge in [-0.3, -0.25) is 9.59 Å². The van der Waals surface area contributed by atoms with Crippen LogP contribution in [0.25, 0.3) is 0 Å². The van der Waals surface area contributed by atoms with Crippen molar-refractivity contribution in [2.24, 2.45) is 28.1 Å². The molecule has 0 radical (unpaired) electrons. The molecule has 0 heterocycles. The van der Waals surface area contributed by atoms with E-state index < -0.39 is 16.9 Å².